The van der Waals surface area contributed by atoms with Crippen molar-refractivity contribution in [3.8, 4) is 11.5 Å². The van der Waals surface area contributed by atoms with Crippen molar-refractivity contribution in [3.05, 3.63) is 42.3 Å². The quantitative estimate of drug-likeness (QED) is 0.788. The number of aromatic nitrogens is 1. The van der Waals surface area contributed by atoms with Gasteiger partial charge in [0.2, 0.25) is 5.89 Å². The van der Waals surface area contributed by atoms with E-state index in [0.29, 0.717) is 11.8 Å². The Hall–Kier alpha value is -2.10. The van der Waals surface area contributed by atoms with Gasteiger partial charge in [0.15, 0.2) is 5.69 Å². The highest BCUT2D eigenvalue weighted by atomic mass is 16.5. The molecular formula is C15H15NO3. The van der Waals surface area contributed by atoms with Crippen LogP contribution >= 0.6 is 0 Å². The highest BCUT2D eigenvalue weighted by molar-refractivity contribution is 5.87. The lowest BCUT2D eigenvalue weighted by atomic mass is 10.2. The Labute approximate surface area is 111 Å². The van der Waals surface area contributed by atoms with Crippen LogP contribution in [-0.4, -0.2) is 17.1 Å². The Balaban J connectivity index is 1.72. The van der Waals surface area contributed by atoms with Crippen LogP contribution in [0.5, 0.6) is 0 Å². The molecule has 4 heteroatoms. The van der Waals surface area contributed by atoms with E-state index < -0.39 is 5.97 Å². The van der Waals surface area contributed by atoms with Gasteiger partial charge in [-0.3, -0.25) is 0 Å². The number of nitrogens with zero attached hydrogens (tertiary/aromatic N) is 1. The number of esters is 1. The second-order valence-corrected chi connectivity index (χ2v) is 4.85. The highest BCUT2D eigenvalue weighted by Crippen LogP contribution is 2.34. The number of ether oxygens (including phenoxy) is 1. The van der Waals surface area contributed by atoms with Crippen LogP contribution in [0, 0.1) is 5.92 Å². The molecule has 0 N–H and O–H groups in total. The molecule has 1 heterocycles. The standard InChI is InChI=1S/C15H15NO3/c1-10(11-7-8-11)19-15(17)13-9-18-14(16-13)12-5-3-2-4-6-12/h2-6,9-11H,7-8H2,1H3. The smallest absolute Gasteiger partial charge is 0.360 e. The molecule has 1 aliphatic rings. The summed E-state index contributed by atoms with van der Waals surface area (Å²) in [7, 11) is 0. The maximum absolute atomic E-state index is 11.9. The predicted octanol–water partition coefficient (Wildman–Crippen LogP) is 3.30. The van der Waals surface area contributed by atoms with Crippen LogP contribution in [0.15, 0.2) is 41.0 Å². The van der Waals surface area contributed by atoms with Crippen molar-refractivity contribution in [2.24, 2.45) is 5.92 Å². The maximum Gasteiger partial charge on any atom is 0.360 e. The SMILES string of the molecule is CC(OC(=O)c1coc(-c2ccccc2)n1)C1CC1. The number of benzene rings is 1. The lowest BCUT2D eigenvalue weighted by Crippen LogP contribution is -2.17. The molecule has 98 valence electrons. The van der Waals surface area contributed by atoms with E-state index in [1.807, 2.05) is 37.3 Å². The van der Waals surface area contributed by atoms with Gasteiger partial charge in [-0.05, 0) is 37.8 Å². The number of oxazole rings is 1. The first-order chi connectivity index (χ1) is 9.24. The van der Waals surface area contributed by atoms with Gasteiger partial charge in [0, 0.05) is 5.56 Å². The van der Waals surface area contributed by atoms with E-state index in [1.165, 1.54) is 6.26 Å². The van der Waals surface area contributed by atoms with Crippen LogP contribution in [0.4, 0.5) is 0 Å². The van der Waals surface area contributed by atoms with E-state index in [1.54, 1.807) is 0 Å². The van der Waals surface area contributed by atoms with Crippen molar-refractivity contribution < 1.29 is 13.9 Å². The Morgan fingerprint density at radius 3 is 2.79 bits per heavy atom. The second-order valence-electron chi connectivity index (χ2n) is 4.85. The molecule has 1 aliphatic carbocycles. The van der Waals surface area contributed by atoms with Crippen LogP contribution in [0.1, 0.15) is 30.3 Å². The van der Waals surface area contributed by atoms with Crippen molar-refractivity contribution in [1.29, 1.82) is 0 Å². The molecule has 1 unspecified atom stereocenters. The Morgan fingerprint density at radius 2 is 2.11 bits per heavy atom. The first-order valence-electron chi connectivity index (χ1n) is 6.46. The van der Waals surface area contributed by atoms with E-state index in [4.69, 9.17) is 9.15 Å². The third-order valence-electron chi connectivity index (χ3n) is 3.31. The fourth-order valence-electron chi connectivity index (χ4n) is 1.97. The van der Waals surface area contributed by atoms with E-state index >= 15 is 0 Å². The molecule has 1 aromatic carbocycles. The van der Waals surface area contributed by atoms with Gasteiger partial charge >= 0.3 is 5.97 Å². The van der Waals surface area contributed by atoms with Crippen LogP contribution in [-0.2, 0) is 4.74 Å². The van der Waals surface area contributed by atoms with Crippen molar-refractivity contribution in [3.63, 3.8) is 0 Å². The molecule has 0 bridgehead atoms. The molecule has 0 saturated heterocycles. The first-order valence-corrected chi connectivity index (χ1v) is 6.46. The van der Waals surface area contributed by atoms with Crippen LogP contribution in [0.2, 0.25) is 0 Å². The molecule has 4 nitrogen and oxygen atoms in total. The molecule has 1 atom stereocenters. The lowest BCUT2D eigenvalue weighted by Gasteiger charge is -2.09. The molecule has 3 rings (SSSR count). The molecule has 1 fully saturated rings. The first kappa shape index (κ1) is 12.0. The zero-order valence-corrected chi connectivity index (χ0v) is 10.7. The van der Waals surface area contributed by atoms with Gasteiger partial charge in [-0.25, -0.2) is 9.78 Å². The van der Waals surface area contributed by atoms with Gasteiger partial charge < -0.3 is 9.15 Å². The summed E-state index contributed by atoms with van der Waals surface area (Å²) < 4.78 is 10.7. The zero-order valence-electron chi connectivity index (χ0n) is 10.7. The van der Waals surface area contributed by atoms with Crippen molar-refractivity contribution >= 4 is 5.97 Å². The zero-order chi connectivity index (χ0) is 13.2. The normalized spacial score (nSPS) is 16.1. The summed E-state index contributed by atoms with van der Waals surface area (Å²) in [5.41, 5.74) is 1.07. The minimum Gasteiger partial charge on any atom is -0.458 e. The van der Waals surface area contributed by atoms with E-state index in [2.05, 4.69) is 4.98 Å². The Morgan fingerprint density at radius 1 is 1.37 bits per heavy atom. The van der Waals surface area contributed by atoms with Crippen molar-refractivity contribution in [2.75, 3.05) is 0 Å². The molecule has 0 spiro atoms. The molecule has 19 heavy (non-hydrogen) atoms. The number of hydrogen-bond acceptors (Lipinski definition) is 4. The molecule has 0 radical (unpaired) electrons. The topological polar surface area (TPSA) is 52.3 Å². The predicted molar refractivity (Wildman–Crippen MR) is 69.5 cm³/mol. The van der Waals surface area contributed by atoms with Gasteiger partial charge in [0.25, 0.3) is 0 Å². The van der Waals surface area contributed by atoms with Gasteiger partial charge in [-0.15, -0.1) is 0 Å². The monoisotopic (exact) mass is 257 g/mol. The maximum atomic E-state index is 11.9. The summed E-state index contributed by atoms with van der Waals surface area (Å²) in [4.78, 5) is 16.1. The van der Waals surface area contributed by atoms with Gasteiger partial charge in [0.05, 0.1) is 0 Å². The molecule has 1 saturated carbocycles. The fraction of sp³-hybridized carbons (Fsp3) is 0.333. The van der Waals surface area contributed by atoms with Crippen molar-refractivity contribution in [1.82, 2.24) is 4.98 Å². The minimum absolute atomic E-state index is 0.0376. The number of rotatable bonds is 4. The third kappa shape index (κ3) is 2.67. The van der Waals surface area contributed by atoms with E-state index in [9.17, 15) is 4.79 Å². The molecule has 0 amide bonds. The summed E-state index contributed by atoms with van der Waals surface area (Å²) >= 11 is 0. The summed E-state index contributed by atoms with van der Waals surface area (Å²) in [6.07, 6.45) is 3.60. The second kappa shape index (κ2) is 4.88. The van der Waals surface area contributed by atoms with Crippen molar-refractivity contribution in [2.45, 2.75) is 25.9 Å². The van der Waals surface area contributed by atoms with E-state index in [-0.39, 0.29) is 11.8 Å². The van der Waals surface area contributed by atoms with Gasteiger partial charge in [-0.1, -0.05) is 18.2 Å². The van der Waals surface area contributed by atoms with Crippen LogP contribution in [0.3, 0.4) is 0 Å². The molecule has 1 aromatic heterocycles. The van der Waals surface area contributed by atoms with E-state index in [0.717, 1.165) is 18.4 Å². The third-order valence-corrected chi connectivity index (χ3v) is 3.31. The largest absolute Gasteiger partial charge is 0.458 e. The summed E-state index contributed by atoms with van der Waals surface area (Å²) in [6, 6.07) is 9.47. The fourth-order valence-corrected chi connectivity index (χ4v) is 1.97. The van der Waals surface area contributed by atoms with Crippen LogP contribution in [0.25, 0.3) is 11.5 Å². The average Bonchev–Trinajstić information content (AvgIpc) is 3.17. The average molecular weight is 257 g/mol. The van der Waals surface area contributed by atoms with Gasteiger partial charge in [0.1, 0.15) is 12.4 Å². The number of hydrogen-bond donors (Lipinski definition) is 0. The summed E-state index contributed by atoms with van der Waals surface area (Å²) in [5, 5.41) is 0. The Kier molecular flexibility index (Phi) is 3.07. The number of carbonyl (C=O) groups is 1. The van der Waals surface area contributed by atoms with Crippen LogP contribution < -0.4 is 0 Å². The number of carbonyl (C=O) groups excluding carboxylic acids is 1. The Bertz CT molecular complexity index is 572. The summed E-state index contributed by atoms with van der Waals surface area (Å²) in [5.74, 6) is 0.543. The lowest BCUT2D eigenvalue weighted by molar-refractivity contribution is 0.0288. The summed E-state index contributed by atoms with van der Waals surface area (Å²) in [6.45, 7) is 1.92. The minimum atomic E-state index is -0.412. The molecule has 0 aliphatic heterocycles. The van der Waals surface area contributed by atoms with Gasteiger partial charge in [-0.2, -0.15) is 0 Å². The highest BCUT2D eigenvalue weighted by Gasteiger charge is 2.31. The molecular weight excluding hydrogens is 242 g/mol. The molecule has 2 aromatic rings.